The largest absolute Gasteiger partial charge is 0.489 e. The number of H-pyrrole nitrogens is 1. The zero-order valence-corrected chi connectivity index (χ0v) is 17.6. The first-order valence-electron chi connectivity index (χ1n) is 10.1. The normalized spacial score (nSPS) is 12.0. The number of halogens is 1. The van der Waals surface area contributed by atoms with Crippen molar-refractivity contribution in [1.29, 1.82) is 0 Å². The summed E-state index contributed by atoms with van der Waals surface area (Å²) in [6.07, 6.45) is 2.26. The lowest BCUT2D eigenvalue weighted by Crippen LogP contribution is -2.38. The van der Waals surface area contributed by atoms with E-state index in [1.54, 1.807) is 0 Å². The van der Waals surface area contributed by atoms with E-state index in [4.69, 9.17) is 16.3 Å². The zero-order chi connectivity index (χ0) is 21.6. The number of aromatic nitrogens is 1. The summed E-state index contributed by atoms with van der Waals surface area (Å²) >= 11 is 6.04. The molecule has 0 radical (unpaired) electrons. The van der Waals surface area contributed by atoms with Crippen LogP contribution in [0, 0.1) is 0 Å². The Hall–Kier alpha value is -3.28. The Balaban J connectivity index is 1.43. The highest BCUT2D eigenvalue weighted by Gasteiger charge is 2.20. The van der Waals surface area contributed by atoms with Crippen LogP contribution in [0.3, 0.4) is 0 Å². The molecule has 1 heterocycles. The van der Waals surface area contributed by atoms with Crippen LogP contribution in [-0.4, -0.2) is 22.1 Å². The van der Waals surface area contributed by atoms with Gasteiger partial charge in [-0.2, -0.15) is 0 Å². The van der Waals surface area contributed by atoms with Crippen molar-refractivity contribution >= 4 is 28.5 Å². The van der Waals surface area contributed by atoms with Crippen molar-refractivity contribution < 1.29 is 14.6 Å². The number of carboxylic acids is 1. The molecular formula is C25H23ClN2O3. The van der Waals surface area contributed by atoms with Gasteiger partial charge in [0.15, 0.2) is 0 Å². The zero-order valence-electron chi connectivity index (χ0n) is 16.8. The average molecular weight is 435 g/mol. The number of aromatic amines is 1. The van der Waals surface area contributed by atoms with Crippen LogP contribution in [0.15, 0.2) is 79.0 Å². The molecule has 4 aromatic rings. The number of carboxylic acid groups (broad SMARTS) is 1. The fourth-order valence-electron chi connectivity index (χ4n) is 3.58. The monoisotopic (exact) mass is 434 g/mol. The Labute approximate surface area is 185 Å². The third kappa shape index (κ3) is 5.26. The van der Waals surface area contributed by atoms with Gasteiger partial charge >= 0.3 is 5.97 Å². The third-order valence-corrected chi connectivity index (χ3v) is 5.43. The van der Waals surface area contributed by atoms with Gasteiger partial charge in [0.2, 0.25) is 0 Å². The molecule has 1 aromatic heterocycles. The van der Waals surface area contributed by atoms with Crippen molar-refractivity contribution in [2.75, 3.05) is 0 Å². The minimum absolute atomic E-state index is 0.380. The molecule has 158 valence electrons. The number of para-hydroxylation sites is 2. The second-order valence-corrected chi connectivity index (χ2v) is 7.80. The highest BCUT2D eigenvalue weighted by atomic mass is 35.5. The van der Waals surface area contributed by atoms with Crippen LogP contribution in [0.5, 0.6) is 5.75 Å². The van der Waals surface area contributed by atoms with Crippen LogP contribution in [0.1, 0.15) is 16.7 Å². The molecule has 0 amide bonds. The number of ether oxygens (including phenoxy) is 1. The van der Waals surface area contributed by atoms with Gasteiger partial charge in [0, 0.05) is 40.7 Å². The summed E-state index contributed by atoms with van der Waals surface area (Å²) in [6, 6.07) is 22.3. The van der Waals surface area contributed by atoms with Gasteiger partial charge in [-0.15, -0.1) is 0 Å². The first kappa shape index (κ1) is 21.0. The Morgan fingerprint density at radius 3 is 2.68 bits per heavy atom. The van der Waals surface area contributed by atoms with Crippen LogP contribution in [0.4, 0.5) is 0 Å². The summed E-state index contributed by atoms with van der Waals surface area (Å²) in [5.41, 5.74) is 3.84. The Bertz CT molecular complexity index is 1190. The quantitative estimate of drug-likeness (QED) is 0.339. The van der Waals surface area contributed by atoms with E-state index in [1.807, 2.05) is 79.0 Å². The lowest BCUT2D eigenvalue weighted by atomic mass is 10.0. The first-order valence-corrected chi connectivity index (χ1v) is 10.4. The molecule has 1 atom stereocenters. The molecule has 5 nitrogen and oxygen atoms in total. The van der Waals surface area contributed by atoms with Crippen LogP contribution in [0.2, 0.25) is 5.02 Å². The summed E-state index contributed by atoms with van der Waals surface area (Å²) in [5.74, 6) is -0.172. The van der Waals surface area contributed by atoms with Crippen LogP contribution < -0.4 is 10.1 Å². The Morgan fingerprint density at radius 2 is 1.84 bits per heavy atom. The first-order chi connectivity index (χ1) is 15.1. The van der Waals surface area contributed by atoms with Crippen molar-refractivity contribution in [2.45, 2.75) is 25.6 Å². The molecule has 31 heavy (non-hydrogen) atoms. The van der Waals surface area contributed by atoms with Gasteiger partial charge < -0.3 is 14.8 Å². The summed E-state index contributed by atoms with van der Waals surface area (Å²) in [7, 11) is 0. The maximum absolute atomic E-state index is 11.9. The predicted octanol–water partition coefficient (Wildman–Crippen LogP) is 5.19. The lowest BCUT2D eigenvalue weighted by Gasteiger charge is -2.16. The minimum Gasteiger partial charge on any atom is -0.489 e. The number of hydrogen-bond acceptors (Lipinski definition) is 3. The summed E-state index contributed by atoms with van der Waals surface area (Å²) < 4.78 is 5.98. The SMILES string of the molecule is O=C(O)C(Cc1c[nH]c2ccccc12)NCc1ccccc1OCc1cccc(Cl)c1. The molecule has 4 rings (SSSR count). The molecule has 0 bridgehead atoms. The smallest absolute Gasteiger partial charge is 0.321 e. The van der Waals surface area contributed by atoms with Gasteiger partial charge in [-0.25, -0.2) is 0 Å². The number of benzene rings is 3. The fraction of sp³-hybridized carbons (Fsp3) is 0.160. The molecule has 0 saturated heterocycles. The fourth-order valence-corrected chi connectivity index (χ4v) is 3.79. The van der Waals surface area contributed by atoms with Gasteiger partial charge in [-0.05, 0) is 35.4 Å². The molecule has 0 fully saturated rings. The summed E-state index contributed by atoms with van der Waals surface area (Å²) in [6.45, 7) is 0.764. The molecule has 1 unspecified atom stereocenters. The van der Waals surface area contributed by atoms with E-state index in [0.29, 0.717) is 30.3 Å². The molecule has 6 heteroatoms. The number of rotatable bonds is 9. The number of nitrogens with one attached hydrogen (secondary N) is 2. The summed E-state index contributed by atoms with van der Waals surface area (Å²) in [4.78, 5) is 15.1. The average Bonchev–Trinajstić information content (AvgIpc) is 3.18. The number of hydrogen-bond donors (Lipinski definition) is 3. The van der Waals surface area contributed by atoms with Crippen molar-refractivity contribution in [2.24, 2.45) is 0 Å². The van der Waals surface area contributed by atoms with Crippen molar-refractivity contribution in [3.05, 3.63) is 101 Å². The maximum atomic E-state index is 11.9. The van der Waals surface area contributed by atoms with Gasteiger partial charge in [-0.3, -0.25) is 10.1 Å². The van der Waals surface area contributed by atoms with E-state index in [-0.39, 0.29) is 0 Å². The molecule has 0 spiro atoms. The van der Waals surface area contributed by atoms with Crippen LogP contribution >= 0.6 is 11.6 Å². The molecule has 3 aromatic carbocycles. The predicted molar refractivity (Wildman–Crippen MR) is 122 cm³/mol. The van der Waals surface area contributed by atoms with Crippen molar-refractivity contribution in [3.8, 4) is 5.75 Å². The summed E-state index contributed by atoms with van der Waals surface area (Å²) in [5, 5.41) is 14.6. The van der Waals surface area contributed by atoms with E-state index < -0.39 is 12.0 Å². The highest BCUT2D eigenvalue weighted by Crippen LogP contribution is 2.22. The van der Waals surface area contributed by atoms with E-state index in [2.05, 4.69) is 10.3 Å². The molecular weight excluding hydrogens is 412 g/mol. The second-order valence-electron chi connectivity index (χ2n) is 7.36. The second kappa shape index (κ2) is 9.69. The third-order valence-electron chi connectivity index (χ3n) is 5.19. The maximum Gasteiger partial charge on any atom is 0.321 e. The van der Waals surface area contributed by atoms with Gasteiger partial charge in [-0.1, -0.05) is 60.1 Å². The molecule has 0 aliphatic heterocycles. The highest BCUT2D eigenvalue weighted by molar-refractivity contribution is 6.30. The molecule has 0 saturated carbocycles. The minimum atomic E-state index is -0.886. The van der Waals surface area contributed by atoms with Gasteiger partial charge in [0.1, 0.15) is 18.4 Å². The standard InChI is InChI=1S/C25H23ClN2O3/c26-20-8-5-6-17(12-20)16-31-24-11-4-1-7-18(24)14-28-23(25(29)30)13-19-15-27-22-10-3-2-9-21(19)22/h1-12,15,23,27-28H,13-14,16H2,(H,29,30). The van der Waals surface area contributed by atoms with E-state index >= 15 is 0 Å². The lowest BCUT2D eigenvalue weighted by molar-refractivity contribution is -0.139. The number of aliphatic carboxylic acids is 1. The van der Waals surface area contributed by atoms with Crippen LogP contribution in [-0.2, 0) is 24.4 Å². The van der Waals surface area contributed by atoms with Gasteiger partial charge in [0.25, 0.3) is 0 Å². The molecule has 0 aliphatic carbocycles. The Kier molecular flexibility index (Phi) is 6.55. The van der Waals surface area contributed by atoms with Crippen LogP contribution in [0.25, 0.3) is 10.9 Å². The molecule has 0 aliphatic rings. The van der Waals surface area contributed by atoms with Crippen molar-refractivity contribution in [3.63, 3.8) is 0 Å². The van der Waals surface area contributed by atoms with E-state index in [1.165, 1.54) is 0 Å². The van der Waals surface area contributed by atoms with Gasteiger partial charge in [0.05, 0.1) is 0 Å². The number of fused-ring (bicyclic) bond motifs is 1. The van der Waals surface area contributed by atoms with E-state index in [0.717, 1.165) is 27.6 Å². The number of carbonyl (C=O) groups is 1. The topological polar surface area (TPSA) is 74.3 Å². The van der Waals surface area contributed by atoms with E-state index in [9.17, 15) is 9.90 Å². The Morgan fingerprint density at radius 1 is 1.03 bits per heavy atom. The molecule has 3 N–H and O–H groups in total. The van der Waals surface area contributed by atoms with Crippen molar-refractivity contribution in [1.82, 2.24) is 10.3 Å².